The van der Waals surface area contributed by atoms with Crippen molar-refractivity contribution in [2.24, 2.45) is 5.92 Å². The molecule has 1 amide bonds. The minimum atomic E-state index is -0.0191. The molecule has 25 heavy (non-hydrogen) atoms. The van der Waals surface area contributed by atoms with Gasteiger partial charge in [0.05, 0.1) is 12.5 Å². The summed E-state index contributed by atoms with van der Waals surface area (Å²) in [6.07, 6.45) is 7.31. The lowest BCUT2D eigenvalue weighted by Gasteiger charge is -2.37. The molecule has 1 aromatic heterocycles. The van der Waals surface area contributed by atoms with E-state index >= 15 is 0 Å². The van der Waals surface area contributed by atoms with Crippen LogP contribution in [0.25, 0.3) is 0 Å². The van der Waals surface area contributed by atoms with Crippen LogP contribution in [0.2, 0.25) is 0 Å². The highest BCUT2D eigenvalue weighted by atomic mass is 16.5. The summed E-state index contributed by atoms with van der Waals surface area (Å²) in [5.41, 5.74) is 0. The average Bonchev–Trinajstić information content (AvgIpc) is 2.61. The number of likely N-dealkylation sites (tertiary alicyclic amines) is 2. The number of piperidine rings is 2. The highest BCUT2D eigenvalue weighted by Crippen LogP contribution is 2.25. The third kappa shape index (κ3) is 4.39. The Balaban J connectivity index is 1.62. The van der Waals surface area contributed by atoms with Crippen LogP contribution in [0.1, 0.15) is 25.7 Å². The van der Waals surface area contributed by atoms with E-state index in [9.17, 15) is 4.79 Å². The Morgan fingerprint density at radius 3 is 2.68 bits per heavy atom. The summed E-state index contributed by atoms with van der Waals surface area (Å²) in [6.45, 7) is 3.44. The van der Waals surface area contributed by atoms with E-state index in [4.69, 9.17) is 4.74 Å². The second kappa shape index (κ2) is 7.99. The summed E-state index contributed by atoms with van der Waals surface area (Å²) in [4.78, 5) is 27.7. The fourth-order valence-corrected chi connectivity index (χ4v) is 3.73. The molecule has 2 saturated heterocycles. The Morgan fingerprint density at radius 1 is 1.16 bits per heavy atom. The number of aromatic nitrogens is 2. The van der Waals surface area contributed by atoms with Crippen molar-refractivity contribution in [1.29, 1.82) is 0 Å². The van der Waals surface area contributed by atoms with Crippen molar-refractivity contribution < 1.29 is 9.53 Å². The number of hydrogen-bond acceptors (Lipinski definition) is 6. The van der Waals surface area contributed by atoms with Gasteiger partial charge in [0.2, 0.25) is 5.91 Å². The molecule has 2 fully saturated rings. The SMILES string of the molecule is CN1CCC[C@H](C(=O)N2CCC[C@@H](Oc3nccnc3N(C)C)C2)C1. The third-order valence-electron chi connectivity index (χ3n) is 5.01. The van der Waals surface area contributed by atoms with Gasteiger partial charge in [-0.2, -0.15) is 0 Å². The maximum atomic E-state index is 12.9. The molecule has 2 atom stereocenters. The number of anilines is 1. The number of ether oxygens (including phenoxy) is 1. The van der Waals surface area contributed by atoms with Crippen LogP contribution in [-0.4, -0.2) is 79.1 Å². The molecule has 7 heteroatoms. The molecular formula is C18H29N5O2. The second-order valence-electron chi connectivity index (χ2n) is 7.35. The van der Waals surface area contributed by atoms with Crippen LogP contribution < -0.4 is 9.64 Å². The molecule has 138 valence electrons. The van der Waals surface area contributed by atoms with Crippen molar-refractivity contribution in [2.45, 2.75) is 31.8 Å². The number of nitrogens with zero attached hydrogens (tertiary/aromatic N) is 5. The van der Waals surface area contributed by atoms with Crippen molar-refractivity contribution in [3.8, 4) is 5.88 Å². The Bertz CT molecular complexity index is 595. The molecule has 2 aliphatic rings. The van der Waals surface area contributed by atoms with E-state index in [0.29, 0.717) is 12.4 Å². The number of rotatable bonds is 4. The van der Waals surface area contributed by atoms with E-state index in [0.717, 1.165) is 51.1 Å². The van der Waals surface area contributed by atoms with Gasteiger partial charge in [-0.1, -0.05) is 0 Å². The predicted octanol–water partition coefficient (Wildman–Crippen LogP) is 1.25. The number of carbonyl (C=O) groups excluding carboxylic acids is 1. The van der Waals surface area contributed by atoms with Gasteiger partial charge in [-0.3, -0.25) is 4.79 Å². The zero-order valence-electron chi connectivity index (χ0n) is 15.5. The molecule has 3 heterocycles. The molecule has 3 rings (SSSR count). The number of amides is 1. The van der Waals surface area contributed by atoms with Gasteiger partial charge in [0.15, 0.2) is 5.82 Å². The van der Waals surface area contributed by atoms with Crippen molar-refractivity contribution in [3.63, 3.8) is 0 Å². The molecule has 0 unspecified atom stereocenters. The first-order chi connectivity index (χ1) is 12.0. The first kappa shape index (κ1) is 17.9. The maximum absolute atomic E-state index is 12.9. The summed E-state index contributed by atoms with van der Waals surface area (Å²) in [5.74, 6) is 1.68. The maximum Gasteiger partial charge on any atom is 0.257 e. The minimum absolute atomic E-state index is 0.0191. The van der Waals surface area contributed by atoms with Crippen LogP contribution in [0.5, 0.6) is 5.88 Å². The fourth-order valence-electron chi connectivity index (χ4n) is 3.73. The van der Waals surface area contributed by atoms with Crippen LogP contribution in [0.3, 0.4) is 0 Å². The van der Waals surface area contributed by atoms with E-state index in [1.54, 1.807) is 12.4 Å². The van der Waals surface area contributed by atoms with Gasteiger partial charge in [-0.25, -0.2) is 9.97 Å². The molecule has 0 N–H and O–H groups in total. The molecule has 0 bridgehead atoms. The largest absolute Gasteiger partial charge is 0.470 e. The zero-order chi connectivity index (χ0) is 17.8. The first-order valence-corrected chi connectivity index (χ1v) is 9.17. The Hall–Kier alpha value is -1.89. The van der Waals surface area contributed by atoms with Crippen molar-refractivity contribution >= 4 is 11.7 Å². The lowest BCUT2D eigenvalue weighted by molar-refractivity contribution is -0.139. The smallest absolute Gasteiger partial charge is 0.257 e. The molecule has 0 aliphatic carbocycles. The standard InChI is InChI=1S/C18H29N5O2/c1-21(2)16-17(20-9-8-19-16)25-15-7-5-11-23(13-15)18(24)14-6-4-10-22(3)12-14/h8-9,14-15H,4-7,10-13H2,1-3H3/t14-,15+/m0/s1. The van der Waals surface area contributed by atoms with E-state index < -0.39 is 0 Å². The molecule has 0 saturated carbocycles. The Labute approximate surface area is 150 Å². The van der Waals surface area contributed by atoms with Gasteiger partial charge in [0, 0.05) is 39.6 Å². The summed E-state index contributed by atoms with van der Waals surface area (Å²) in [7, 11) is 5.94. The molecule has 7 nitrogen and oxygen atoms in total. The van der Waals surface area contributed by atoms with Crippen LogP contribution in [0.4, 0.5) is 5.82 Å². The first-order valence-electron chi connectivity index (χ1n) is 9.17. The third-order valence-corrected chi connectivity index (χ3v) is 5.01. The second-order valence-corrected chi connectivity index (χ2v) is 7.35. The van der Waals surface area contributed by atoms with Gasteiger partial charge in [0.1, 0.15) is 6.10 Å². The topological polar surface area (TPSA) is 61.8 Å². The van der Waals surface area contributed by atoms with Crippen LogP contribution in [0, 0.1) is 5.92 Å². The van der Waals surface area contributed by atoms with Crippen LogP contribution in [-0.2, 0) is 4.79 Å². The Kier molecular flexibility index (Phi) is 5.73. The van der Waals surface area contributed by atoms with Gasteiger partial charge >= 0.3 is 0 Å². The van der Waals surface area contributed by atoms with Crippen molar-refractivity contribution in [2.75, 3.05) is 52.2 Å². The average molecular weight is 347 g/mol. The van der Waals surface area contributed by atoms with Gasteiger partial charge in [0.25, 0.3) is 5.88 Å². The monoisotopic (exact) mass is 347 g/mol. The molecule has 2 aliphatic heterocycles. The van der Waals surface area contributed by atoms with E-state index in [1.807, 2.05) is 23.9 Å². The summed E-state index contributed by atoms with van der Waals surface area (Å²) in [6, 6.07) is 0. The molecular weight excluding hydrogens is 318 g/mol. The zero-order valence-corrected chi connectivity index (χ0v) is 15.5. The summed E-state index contributed by atoms with van der Waals surface area (Å²) in [5, 5.41) is 0. The van der Waals surface area contributed by atoms with Gasteiger partial charge in [-0.15, -0.1) is 0 Å². The van der Waals surface area contributed by atoms with E-state index in [1.165, 1.54) is 0 Å². The van der Waals surface area contributed by atoms with Crippen LogP contribution in [0.15, 0.2) is 12.4 Å². The number of hydrogen-bond donors (Lipinski definition) is 0. The molecule has 1 aromatic rings. The van der Waals surface area contributed by atoms with Gasteiger partial charge < -0.3 is 19.4 Å². The highest BCUT2D eigenvalue weighted by Gasteiger charge is 2.32. The molecule has 0 radical (unpaired) electrons. The molecule has 0 spiro atoms. The van der Waals surface area contributed by atoms with E-state index in [2.05, 4.69) is 21.9 Å². The van der Waals surface area contributed by atoms with Gasteiger partial charge in [-0.05, 0) is 39.3 Å². The summed E-state index contributed by atoms with van der Waals surface area (Å²) >= 11 is 0. The number of carbonyl (C=O) groups is 1. The fraction of sp³-hybridized carbons (Fsp3) is 0.722. The van der Waals surface area contributed by atoms with E-state index in [-0.39, 0.29) is 17.9 Å². The highest BCUT2D eigenvalue weighted by molar-refractivity contribution is 5.79. The predicted molar refractivity (Wildman–Crippen MR) is 96.8 cm³/mol. The molecule has 0 aromatic carbocycles. The quantitative estimate of drug-likeness (QED) is 0.817. The Morgan fingerprint density at radius 2 is 1.92 bits per heavy atom. The van der Waals surface area contributed by atoms with Crippen molar-refractivity contribution in [3.05, 3.63) is 12.4 Å². The summed E-state index contributed by atoms with van der Waals surface area (Å²) < 4.78 is 6.12. The van der Waals surface area contributed by atoms with Crippen molar-refractivity contribution in [1.82, 2.24) is 19.8 Å². The normalized spacial score (nSPS) is 24.8. The van der Waals surface area contributed by atoms with Crippen LogP contribution >= 0.6 is 0 Å². The minimum Gasteiger partial charge on any atom is -0.470 e. The lowest BCUT2D eigenvalue weighted by Crippen LogP contribution is -2.49. The lowest BCUT2D eigenvalue weighted by atomic mass is 9.95.